The molecule has 132 valence electrons. The Bertz CT molecular complexity index is 745. The maximum absolute atomic E-state index is 13.4. The average molecular weight is 343 g/mol. The van der Waals surface area contributed by atoms with Crippen LogP contribution in [0.25, 0.3) is 0 Å². The van der Waals surface area contributed by atoms with Gasteiger partial charge in [0.15, 0.2) is 0 Å². The lowest BCUT2D eigenvalue weighted by Crippen LogP contribution is -2.36. The van der Waals surface area contributed by atoms with Gasteiger partial charge in [0, 0.05) is 25.7 Å². The molecule has 0 radical (unpaired) electrons. The van der Waals surface area contributed by atoms with E-state index >= 15 is 0 Å². The molecule has 5 nitrogen and oxygen atoms in total. The first-order valence-electron chi connectivity index (χ1n) is 8.07. The molecule has 0 fully saturated rings. The molecule has 0 unspecified atom stereocenters. The Hall–Kier alpha value is -2.89. The summed E-state index contributed by atoms with van der Waals surface area (Å²) in [6.07, 6.45) is 0.674. The van der Waals surface area contributed by atoms with Crippen molar-refractivity contribution in [2.45, 2.75) is 26.8 Å². The largest absolute Gasteiger partial charge is 0.338 e. The highest BCUT2D eigenvalue weighted by Gasteiger charge is 2.03. The summed E-state index contributed by atoms with van der Waals surface area (Å²) in [6.45, 7) is 3.91. The zero-order chi connectivity index (χ0) is 18.2. The summed E-state index contributed by atoms with van der Waals surface area (Å²) in [7, 11) is 0. The van der Waals surface area contributed by atoms with Gasteiger partial charge in [0.1, 0.15) is 5.82 Å². The van der Waals surface area contributed by atoms with E-state index in [4.69, 9.17) is 0 Å². The van der Waals surface area contributed by atoms with Crippen molar-refractivity contribution >= 4 is 17.6 Å². The highest BCUT2D eigenvalue weighted by Crippen LogP contribution is 2.10. The standard InChI is InChI=1S/C19H22FN3O2/c1-13-3-4-16(11-18(13)20)12-22-19(25)21-10-9-15-5-7-17(8-6-15)23-14(2)24/h3-8,11H,9-10,12H2,1-2H3,(H,23,24)(H2,21,22,25). The van der Waals surface area contributed by atoms with Gasteiger partial charge in [-0.15, -0.1) is 0 Å². The zero-order valence-electron chi connectivity index (χ0n) is 14.4. The predicted molar refractivity (Wildman–Crippen MR) is 95.8 cm³/mol. The lowest BCUT2D eigenvalue weighted by molar-refractivity contribution is -0.114. The molecule has 0 heterocycles. The number of anilines is 1. The molecule has 3 N–H and O–H groups in total. The zero-order valence-corrected chi connectivity index (χ0v) is 14.4. The van der Waals surface area contributed by atoms with Crippen molar-refractivity contribution in [3.63, 3.8) is 0 Å². The summed E-state index contributed by atoms with van der Waals surface area (Å²) in [5.74, 6) is -0.387. The Morgan fingerprint density at radius 2 is 1.68 bits per heavy atom. The number of amides is 3. The lowest BCUT2D eigenvalue weighted by atomic mass is 10.1. The van der Waals surface area contributed by atoms with E-state index in [1.807, 2.05) is 24.3 Å². The summed E-state index contributed by atoms with van der Waals surface area (Å²) >= 11 is 0. The smallest absolute Gasteiger partial charge is 0.315 e. The van der Waals surface area contributed by atoms with E-state index in [1.165, 1.54) is 13.0 Å². The van der Waals surface area contributed by atoms with Crippen molar-refractivity contribution in [2.75, 3.05) is 11.9 Å². The second-order valence-corrected chi connectivity index (χ2v) is 5.82. The molecular formula is C19H22FN3O2. The molecule has 2 aromatic rings. The summed E-state index contributed by atoms with van der Waals surface area (Å²) in [4.78, 5) is 22.7. The van der Waals surface area contributed by atoms with E-state index in [2.05, 4.69) is 16.0 Å². The minimum atomic E-state index is -0.296. The molecular weight excluding hydrogens is 321 g/mol. The van der Waals surface area contributed by atoms with Crippen LogP contribution in [0.2, 0.25) is 0 Å². The molecule has 0 spiro atoms. The van der Waals surface area contributed by atoms with E-state index in [0.717, 1.165) is 11.3 Å². The molecule has 0 saturated heterocycles. The fraction of sp³-hybridized carbons (Fsp3) is 0.263. The summed E-state index contributed by atoms with van der Waals surface area (Å²) in [6, 6.07) is 12.1. The number of benzene rings is 2. The molecule has 25 heavy (non-hydrogen) atoms. The SMILES string of the molecule is CC(=O)Nc1ccc(CCNC(=O)NCc2ccc(C)c(F)c2)cc1. The Balaban J connectivity index is 1.71. The van der Waals surface area contributed by atoms with Gasteiger partial charge in [-0.05, 0) is 48.2 Å². The van der Waals surface area contributed by atoms with Crippen molar-refractivity contribution < 1.29 is 14.0 Å². The van der Waals surface area contributed by atoms with E-state index in [9.17, 15) is 14.0 Å². The van der Waals surface area contributed by atoms with E-state index in [0.29, 0.717) is 24.1 Å². The van der Waals surface area contributed by atoms with Crippen LogP contribution in [0, 0.1) is 12.7 Å². The fourth-order valence-corrected chi connectivity index (χ4v) is 2.27. The van der Waals surface area contributed by atoms with Crippen LogP contribution in [0.3, 0.4) is 0 Å². The number of nitrogens with one attached hydrogen (secondary N) is 3. The van der Waals surface area contributed by atoms with Gasteiger partial charge in [0.2, 0.25) is 5.91 Å². The van der Waals surface area contributed by atoms with Crippen molar-refractivity contribution in [3.8, 4) is 0 Å². The first-order valence-corrected chi connectivity index (χ1v) is 8.07. The van der Waals surface area contributed by atoms with Gasteiger partial charge in [-0.2, -0.15) is 0 Å². The van der Waals surface area contributed by atoms with Crippen LogP contribution in [0.15, 0.2) is 42.5 Å². The summed E-state index contributed by atoms with van der Waals surface area (Å²) in [5.41, 5.74) is 3.09. The number of halogens is 1. The summed E-state index contributed by atoms with van der Waals surface area (Å²) in [5, 5.41) is 8.16. The number of urea groups is 1. The molecule has 0 aliphatic rings. The number of rotatable bonds is 6. The molecule has 3 amide bonds. The van der Waals surface area contributed by atoms with Gasteiger partial charge >= 0.3 is 6.03 Å². The van der Waals surface area contributed by atoms with Crippen LogP contribution in [-0.4, -0.2) is 18.5 Å². The predicted octanol–water partition coefficient (Wildman–Crippen LogP) is 3.13. The first-order chi connectivity index (χ1) is 11.9. The lowest BCUT2D eigenvalue weighted by Gasteiger charge is -2.09. The first kappa shape index (κ1) is 18.4. The quantitative estimate of drug-likeness (QED) is 0.754. The van der Waals surface area contributed by atoms with Gasteiger partial charge in [0.25, 0.3) is 0 Å². The molecule has 0 aromatic heterocycles. The second-order valence-electron chi connectivity index (χ2n) is 5.82. The highest BCUT2D eigenvalue weighted by molar-refractivity contribution is 5.88. The summed E-state index contributed by atoms with van der Waals surface area (Å²) < 4.78 is 13.4. The molecule has 6 heteroatoms. The van der Waals surface area contributed by atoms with Gasteiger partial charge in [-0.1, -0.05) is 24.3 Å². The molecule has 0 saturated carbocycles. The van der Waals surface area contributed by atoms with E-state index in [1.54, 1.807) is 19.1 Å². The minimum absolute atomic E-state index is 0.112. The number of aryl methyl sites for hydroxylation is 1. The maximum Gasteiger partial charge on any atom is 0.315 e. The van der Waals surface area contributed by atoms with Crippen molar-refractivity contribution in [1.82, 2.24) is 10.6 Å². The number of carbonyl (C=O) groups is 2. The Labute approximate surface area is 146 Å². The van der Waals surface area contributed by atoms with Crippen LogP contribution in [0.4, 0.5) is 14.9 Å². The van der Waals surface area contributed by atoms with E-state index in [-0.39, 0.29) is 24.3 Å². The monoisotopic (exact) mass is 343 g/mol. The van der Waals surface area contributed by atoms with Crippen LogP contribution >= 0.6 is 0 Å². The average Bonchev–Trinajstić information content (AvgIpc) is 2.57. The maximum atomic E-state index is 13.4. The normalized spacial score (nSPS) is 10.2. The molecule has 2 aromatic carbocycles. The Kier molecular flexibility index (Phi) is 6.51. The van der Waals surface area contributed by atoms with Gasteiger partial charge in [-0.3, -0.25) is 4.79 Å². The Morgan fingerprint density at radius 3 is 2.32 bits per heavy atom. The van der Waals surface area contributed by atoms with Crippen molar-refractivity contribution in [3.05, 3.63) is 65.0 Å². The third-order valence-electron chi connectivity index (χ3n) is 3.66. The fourth-order valence-electron chi connectivity index (χ4n) is 2.27. The van der Waals surface area contributed by atoms with E-state index < -0.39 is 0 Å². The minimum Gasteiger partial charge on any atom is -0.338 e. The topological polar surface area (TPSA) is 70.2 Å². The number of carbonyl (C=O) groups excluding carboxylic acids is 2. The van der Waals surface area contributed by atoms with Gasteiger partial charge in [0.05, 0.1) is 0 Å². The second kappa shape index (κ2) is 8.82. The highest BCUT2D eigenvalue weighted by atomic mass is 19.1. The van der Waals surface area contributed by atoms with Gasteiger partial charge in [-0.25, -0.2) is 9.18 Å². The third-order valence-corrected chi connectivity index (χ3v) is 3.66. The Morgan fingerprint density at radius 1 is 1.00 bits per heavy atom. The van der Waals surface area contributed by atoms with Crippen LogP contribution in [0.5, 0.6) is 0 Å². The van der Waals surface area contributed by atoms with Crippen LogP contribution < -0.4 is 16.0 Å². The van der Waals surface area contributed by atoms with Gasteiger partial charge < -0.3 is 16.0 Å². The molecule has 0 bridgehead atoms. The molecule has 0 aliphatic carbocycles. The van der Waals surface area contributed by atoms with Crippen molar-refractivity contribution in [2.24, 2.45) is 0 Å². The van der Waals surface area contributed by atoms with Crippen molar-refractivity contribution in [1.29, 1.82) is 0 Å². The molecule has 2 rings (SSSR count). The molecule has 0 atom stereocenters. The molecule has 0 aliphatic heterocycles. The third kappa shape index (κ3) is 6.25. The number of hydrogen-bond acceptors (Lipinski definition) is 2. The number of hydrogen-bond donors (Lipinski definition) is 3. The van der Waals surface area contributed by atoms with Crippen LogP contribution in [-0.2, 0) is 17.8 Å². The van der Waals surface area contributed by atoms with Crippen LogP contribution in [0.1, 0.15) is 23.6 Å².